The van der Waals surface area contributed by atoms with Gasteiger partial charge in [0.2, 0.25) is 0 Å². The number of imidazole rings is 1. The van der Waals surface area contributed by atoms with E-state index >= 15 is 0 Å². The molecule has 0 saturated heterocycles. The summed E-state index contributed by atoms with van der Waals surface area (Å²) in [6, 6.07) is 7.84. The van der Waals surface area contributed by atoms with Crippen LogP contribution in [0.25, 0.3) is 11.0 Å². The van der Waals surface area contributed by atoms with Gasteiger partial charge in [-0.05, 0) is 12.1 Å². The van der Waals surface area contributed by atoms with Gasteiger partial charge in [-0.25, -0.2) is 9.71 Å². The molecule has 1 aromatic carbocycles. The molecule has 0 spiro atoms. The Labute approximate surface area is 113 Å². The second kappa shape index (κ2) is 5.28. The Morgan fingerprint density at radius 3 is 2.63 bits per heavy atom. The van der Waals surface area contributed by atoms with E-state index in [-0.39, 0.29) is 0 Å². The molecule has 0 aliphatic rings. The van der Waals surface area contributed by atoms with Gasteiger partial charge in [0.1, 0.15) is 5.82 Å². The number of rotatable bonds is 5. The van der Waals surface area contributed by atoms with E-state index in [9.17, 15) is 8.42 Å². The Kier molecular flexibility index (Phi) is 3.88. The average molecular weight is 282 g/mol. The minimum absolute atomic E-state index is 0.331. The minimum Gasteiger partial charge on any atom is -0.331 e. The van der Waals surface area contributed by atoms with E-state index in [1.54, 1.807) is 0 Å². The number of fused-ring (bicyclic) bond motifs is 1. The van der Waals surface area contributed by atoms with E-state index in [4.69, 9.17) is 0 Å². The SMILES string of the molecule is CN(C)S(=O)(=O)NCCc1nc2ccccc2n1C. The molecule has 1 aromatic heterocycles. The van der Waals surface area contributed by atoms with Gasteiger partial charge in [0.25, 0.3) is 10.2 Å². The summed E-state index contributed by atoms with van der Waals surface area (Å²) in [5, 5.41) is 0. The van der Waals surface area contributed by atoms with Gasteiger partial charge in [0, 0.05) is 34.1 Å². The summed E-state index contributed by atoms with van der Waals surface area (Å²) < 4.78 is 28.8. The lowest BCUT2D eigenvalue weighted by molar-refractivity contribution is 0.505. The van der Waals surface area contributed by atoms with Crippen molar-refractivity contribution in [1.29, 1.82) is 0 Å². The molecule has 2 rings (SSSR count). The van der Waals surface area contributed by atoms with E-state index < -0.39 is 10.2 Å². The predicted molar refractivity (Wildman–Crippen MR) is 75.0 cm³/mol. The molecule has 19 heavy (non-hydrogen) atoms. The van der Waals surface area contributed by atoms with E-state index in [2.05, 4.69) is 9.71 Å². The number of hydrogen-bond acceptors (Lipinski definition) is 3. The number of hydrogen-bond donors (Lipinski definition) is 1. The smallest absolute Gasteiger partial charge is 0.278 e. The fraction of sp³-hybridized carbons (Fsp3) is 0.417. The molecule has 0 fully saturated rings. The highest BCUT2D eigenvalue weighted by molar-refractivity contribution is 7.87. The largest absolute Gasteiger partial charge is 0.331 e. The number of para-hydroxylation sites is 2. The Bertz CT molecular complexity index is 676. The first-order valence-electron chi connectivity index (χ1n) is 5.99. The molecular formula is C12H18N4O2S. The van der Waals surface area contributed by atoms with Crippen LogP contribution in [0.4, 0.5) is 0 Å². The van der Waals surface area contributed by atoms with Crippen LogP contribution >= 0.6 is 0 Å². The summed E-state index contributed by atoms with van der Waals surface area (Å²) in [4.78, 5) is 4.49. The summed E-state index contributed by atoms with van der Waals surface area (Å²) in [5.41, 5.74) is 1.98. The molecule has 2 aromatic rings. The van der Waals surface area contributed by atoms with Gasteiger partial charge < -0.3 is 4.57 Å². The lowest BCUT2D eigenvalue weighted by Gasteiger charge is -2.12. The van der Waals surface area contributed by atoms with Crippen LogP contribution in [-0.2, 0) is 23.7 Å². The third-order valence-corrected chi connectivity index (χ3v) is 4.52. The summed E-state index contributed by atoms with van der Waals surface area (Å²) in [5.74, 6) is 0.864. The molecule has 0 aliphatic heterocycles. The van der Waals surface area contributed by atoms with Crippen LogP contribution in [0.5, 0.6) is 0 Å². The molecule has 7 heteroatoms. The second-order valence-corrected chi connectivity index (χ2v) is 6.48. The maximum Gasteiger partial charge on any atom is 0.278 e. The molecule has 0 radical (unpaired) electrons. The molecule has 1 heterocycles. The fourth-order valence-corrected chi connectivity index (χ4v) is 2.46. The van der Waals surface area contributed by atoms with Crippen molar-refractivity contribution in [3.8, 4) is 0 Å². The minimum atomic E-state index is -3.36. The number of aromatic nitrogens is 2. The van der Waals surface area contributed by atoms with Crippen molar-refractivity contribution in [3.63, 3.8) is 0 Å². The number of nitrogens with zero attached hydrogens (tertiary/aromatic N) is 3. The topological polar surface area (TPSA) is 67.2 Å². The Morgan fingerprint density at radius 1 is 1.32 bits per heavy atom. The van der Waals surface area contributed by atoms with Gasteiger partial charge in [0.05, 0.1) is 11.0 Å². The highest BCUT2D eigenvalue weighted by Gasteiger charge is 2.13. The van der Waals surface area contributed by atoms with Gasteiger partial charge in [-0.15, -0.1) is 0 Å². The summed E-state index contributed by atoms with van der Waals surface area (Å²) in [6.45, 7) is 0.331. The summed E-state index contributed by atoms with van der Waals surface area (Å²) >= 11 is 0. The molecule has 0 aliphatic carbocycles. The number of benzene rings is 1. The standard InChI is InChI=1S/C12H18N4O2S/c1-15(2)19(17,18)13-9-8-12-14-10-6-4-5-7-11(10)16(12)3/h4-7,13H,8-9H2,1-3H3. The summed E-state index contributed by atoms with van der Waals surface area (Å²) in [7, 11) is 1.57. The Hall–Kier alpha value is -1.44. The first-order valence-corrected chi connectivity index (χ1v) is 7.43. The van der Waals surface area contributed by atoms with Crippen LogP contribution in [0, 0.1) is 0 Å². The Balaban J connectivity index is 2.09. The van der Waals surface area contributed by atoms with Crippen LogP contribution in [0.3, 0.4) is 0 Å². The van der Waals surface area contributed by atoms with Crippen LogP contribution in [-0.4, -0.2) is 42.9 Å². The van der Waals surface area contributed by atoms with Gasteiger partial charge in [-0.3, -0.25) is 0 Å². The maximum atomic E-state index is 11.6. The number of nitrogens with one attached hydrogen (secondary N) is 1. The molecule has 0 unspecified atom stereocenters. The third kappa shape index (κ3) is 2.94. The zero-order valence-electron chi connectivity index (χ0n) is 11.3. The van der Waals surface area contributed by atoms with Gasteiger partial charge in [0.15, 0.2) is 0 Å². The quantitative estimate of drug-likeness (QED) is 0.869. The molecule has 0 atom stereocenters. The van der Waals surface area contributed by atoms with Gasteiger partial charge in [-0.1, -0.05) is 12.1 Å². The lowest BCUT2D eigenvalue weighted by Crippen LogP contribution is -2.36. The van der Waals surface area contributed by atoms with E-state index in [1.807, 2.05) is 35.9 Å². The molecule has 0 amide bonds. The van der Waals surface area contributed by atoms with Crippen molar-refractivity contribution >= 4 is 21.2 Å². The van der Waals surface area contributed by atoms with E-state index in [0.717, 1.165) is 21.2 Å². The van der Waals surface area contributed by atoms with Crippen LogP contribution in [0.1, 0.15) is 5.82 Å². The van der Waals surface area contributed by atoms with Crippen molar-refractivity contribution in [2.45, 2.75) is 6.42 Å². The first kappa shape index (κ1) is 14.0. The summed E-state index contributed by atoms with van der Waals surface area (Å²) in [6.07, 6.45) is 0.554. The van der Waals surface area contributed by atoms with Crippen molar-refractivity contribution in [2.75, 3.05) is 20.6 Å². The maximum absolute atomic E-state index is 11.6. The Morgan fingerprint density at radius 2 is 2.00 bits per heavy atom. The highest BCUT2D eigenvalue weighted by Crippen LogP contribution is 2.14. The molecule has 0 bridgehead atoms. The lowest BCUT2D eigenvalue weighted by atomic mass is 10.3. The monoisotopic (exact) mass is 282 g/mol. The second-order valence-electron chi connectivity index (χ2n) is 4.51. The fourth-order valence-electron chi connectivity index (χ4n) is 1.84. The normalized spacial score (nSPS) is 12.4. The predicted octanol–water partition coefficient (Wildman–Crippen LogP) is 0.512. The van der Waals surface area contributed by atoms with Gasteiger partial charge >= 0.3 is 0 Å². The van der Waals surface area contributed by atoms with Crippen LogP contribution in [0.15, 0.2) is 24.3 Å². The molecule has 104 valence electrons. The van der Waals surface area contributed by atoms with Crippen LogP contribution < -0.4 is 4.72 Å². The highest BCUT2D eigenvalue weighted by atomic mass is 32.2. The van der Waals surface area contributed by atoms with E-state index in [0.29, 0.717) is 13.0 Å². The van der Waals surface area contributed by atoms with Gasteiger partial charge in [-0.2, -0.15) is 12.7 Å². The number of aryl methyl sites for hydroxylation is 1. The molecule has 0 saturated carbocycles. The van der Waals surface area contributed by atoms with E-state index in [1.165, 1.54) is 14.1 Å². The molecule has 6 nitrogen and oxygen atoms in total. The molecule has 1 N–H and O–H groups in total. The van der Waals surface area contributed by atoms with Crippen LogP contribution in [0.2, 0.25) is 0 Å². The van der Waals surface area contributed by atoms with Crippen molar-refractivity contribution in [1.82, 2.24) is 18.6 Å². The van der Waals surface area contributed by atoms with Crippen molar-refractivity contribution in [3.05, 3.63) is 30.1 Å². The molecular weight excluding hydrogens is 264 g/mol. The van der Waals surface area contributed by atoms with Crippen molar-refractivity contribution in [2.24, 2.45) is 7.05 Å². The first-order chi connectivity index (χ1) is 8.92. The zero-order valence-corrected chi connectivity index (χ0v) is 12.1. The average Bonchev–Trinajstić information content (AvgIpc) is 2.67. The zero-order chi connectivity index (χ0) is 14.0. The van der Waals surface area contributed by atoms with Crippen molar-refractivity contribution < 1.29 is 8.42 Å². The third-order valence-electron chi connectivity index (χ3n) is 2.99.